The van der Waals surface area contributed by atoms with Gasteiger partial charge in [-0.25, -0.2) is 13.9 Å². The molecule has 1 aromatic carbocycles. The van der Waals surface area contributed by atoms with Gasteiger partial charge in [0.2, 0.25) is 0 Å². The first kappa shape index (κ1) is 26.3. The maximum atomic E-state index is 14.0. The van der Waals surface area contributed by atoms with Crippen LogP contribution in [0.3, 0.4) is 0 Å². The fourth-order valence-corrected chi connectivity index (χ4v) is 5.40. The van der Waals surface area contributed by atoms with E-state index in [-0.39, 0.29) is 47.0 Å². The summed E-state index contributed by atoms with van der Waals surface area (Å²) >= 11 is 0. The molecule has 4 atom stereocenters. The van der Waals surface area contributed by atoms with Crippen molar-refractivity contribution in [1.29, 1.82) is 0 Å². The summed E-state index contributed by atoms with van der Waals surface area (Å²) in [5.41, 5.74) is -1.45. The number of carbonyl (C=O) groups excluding carboxylic acids is 2. The number of ether oxygens (including phenoxy) is 1. The van der Waals surface area contributed by atoms with Crippen LogP contribution in [0.15, 0.2) is 36.5 Å². The van der Waals surface area contributed by atoms with Gasteiger partial charge in [0.1, 0.15) is 23.2 Å². The molecule has 0 radical (unpaired) electrons. The number of imidazole rings is 1. The first-order chi connectivity index (χ1) is 18.0. The molecule has 7 nitrogen and oxygen atoms in total. The first-order valence-electron chi connectivity index (χ1n) is 12.7. The molecule has 2 aliphatic heterocycles. The van der Waals surface area contributed by atoms with E-state index in [0.29, 0.717) is 26.0 Å². The van der Waals surface area contributed by atoms with Crippen molar-refractivity contribution in [2.45, 2.75) is 45.4 Å². The Labute approximate surface area is 216 Å². The number of aromatic nitrogens is 3. The summed E-state index contributed by atoms with van der Waals surface area (Å²) < 4.78 is 61.8. The highest BCUT2D eigenvalue weighted by Crippen LogP contribution is 2.35. The SMILES string of the molecule is CC1CN(C(=O)c2cn3nc(-c4ccc(F)cc4)cc(C(F)(F)F)c3n2)CCC(C(=O)C2CCCO2)C1C. The van der Waals surface area contributed by atoms with Gasteiger partial charge < -0.3 is 9.64 Å². The van der Waals surface area contributed by atoms with Crippen molar-refractivity contribution in [2.75, 3.05) is 19.7 Å². The third-order valence-electron chi connectivity index (χ3n) is 7.74. The molecule has 5 rings (SSSR count). The fourth-order valence-electron chi connectivity index (χ4n) is 5.40. The average Bonchev–Trinajstić information content (AvgIpc) is 3.54. The number of benzene rings is 1. The van der Waals surface area contributed by atoms with Gasteiger partial charge >= 0.3 is 6.18 Å². The molecule has 2 aliphatic rings. The van der Waals surface area contributed by atoms with Crippen LogP contribution >= 0.6 is 0 Å². The van der Waals surface area contributed by atoms with E-state index in [1.807, 2.05) is 13.8 Å². The van der Waals surface area contributed by atoms with Crippen molar-refractivity contribution in [1.82, 2.24) is 19.5 Å². The van der Waals surface area contributed by atoms with E-state index in [1.54, 1.807) is 4.90 Å². The van der Waals surface area contributed by atoms with Crippen LogP contribution in [0.1, 0.15) is 49.2 Å². The van der Waals surface area contributed by atoms with Gasteiger partial charge in [-0.05, 0) is 61.4 Å². The zero-order valence-electron chi connectivity index (χ0n) is 21.0. The molecule has 4 heterocycles. The highest BCUT2D eigenvalue weighted by molar-refractivity contribution is 5.93. The Morgan fingerprint density at radius 1 is 1.11 bits per heavy atom. The third kappa shape index (κ3) is 5.03. The molecule has 2 aromatic heterocycles. The second-order valence-corrected chi connectivity index (χ2v) is 10.2. The molecule has 202 valence electrons. The molecule has 38 heavy (non-hydrogen) atoms. The maximum Gasteiger partial charge on any atom is 0.420 e. The average molecular weight is 533 g/mol. The number of likely N-dealkylation sites (tertiary alicyclic amines) is 1. The summed E-state index contributed by atoms with van der Waals surface area (Å²) in [6.07, 6.45) is -1.97. The quantitative estimate of drug-likeness (QED) is 0.441. The number of rotatable bonds is 4. The van der Waals surface area contributed by atoms with Crippen molar-refractivity contribution in [3.05, 3.63) is 53.6 Å². The van der Waals surface area contributed by atoms with E-state index >= 15 is 0 Å². The topological polar surface area (TPSA) is 76.8 Å². The summed E-state index contributed by atoms with van der Waals surface area (Å²) in [4.78, 5) is 32.1. The zero-order valence-corrected chi connectivity index (χ0v) is 21.0. The lowest BCUT2D eigenvalue weighted by Crippen LogP contribution is -2.35. The molecule has 0 spiro atoms. The molecule has 4 unspecified atom stereocenters. The van der Waals surface area contributed by atoms with Gasteiger partial charge in [0.25, 0.3) is 5.91 Å². The van der Waals surface area contributed by atoms with E-state index in [0.717, 1.165) is 29.1 Å². The number of Topliss-reactive ketones (excluding diaryl/α,β-unsaturated/α-hetero) is 1. The normalized spacial score (nSPS) is 24.5. The van der Waals surface area contributed by atoms with Crippen LogP contribution < -0.4 is 0 Å². The molecule has 0 saturated carbocycles. The molecular formula is C27H28F4N4O3. The number of hydrogen-bond acceptors (Lipinski definition) is 5. The van der Waals surface area contributed by atoms with E-state index in [1.165, 1.54) is 18.3 Å². The van der Waals surface area contributed by atoms with Crippen LogP contribution in [0, 0.1) is 23.6 Å². The van der Waals surface area contributed by atoms with Crippen molar-refractivity contribution in [3.8, 4) is 11.3 Å². The van der Waals surface area contributed by atoms with Crippen molar-refractivity contribution >= 4 is 17.3 Å². The Balaban J connectivity index is 1.45. The molecule has 11 heteroatoms. The minimum atomic E-state index is -4.76. The number of carbonyl (C=O) groups is 2. The van der Waals surface area contributed by atoms with Crippen LogP contribution in [-0.4, -0.2) is 57.0 Å². The number of halogens is 4. The Morgan fingerprint density at radius 3 is 2.50 bits per heavy atom. The molecule has 0 bridgehead atoms. The monoisotopic (exact) mass is 532 g/mol. The van der Waals surface area contributed by atoms with Crippen LogP contribution in [0.2, 0.25) is 0 Å². The van der Waals surface area contributed by atoms with Gasteiger partial charge in [-0.1, -0.05) is 13.8 Å². The number of nitrogens with zero attached hydrogens (tertiary/aromatic N) is 4. The van der Waals surface area contributed by atoms with Gasteiger partial charge in [-0.2, -0.15) is 18.3 Å². The van der Waals surface area contributed by atoms with E-state index in [4.69, 9.17) is 4.74 Å². The van der Waals surface area contributed by atoms with E-state index < -0.39 is 35.2 Å². The van der Waals surface area contributed by atoms with Crippen molar-refractivity contribution < 1.29 is 31.9 Å². The van der Waals surface area contributed by atoms with Crippen LogP contribution in [-0.2, 0) is 15.7 Å². The Morgan fingerprint density at radius 2 is 1.84 bits per heavy atom. The summed E-state index contributed by atoms with van der Waals surface area (Å²) in [7, 11) is 0. The second-order valence-electron chi connectivity index (χ2n) is 10.2. The van der Waals surface area contributed by atoms with E-state index in [9.17, 15) is 27.2 Å². The lowest BCUT2D eigenvalue weighted by molar-refractivity contribution is -0.136. The molecule has 2 saturated heterocycles. The van der Waals surface area contributed by atoms with Gasteiger partial charge in [-0.15, -0.1) is 0 Å². The van der Waals surface area contributed by atoms with Gasteiger partial charge in [0.05, 0.1) is 11.9 Å². The van der Waals surface area contributed by atoms with E-state index in [2.05, 4.69) is 10.1 Å². The first-order valence-corrected chi connectivity index (χ1v) is 12.7. The smallest absolute Gasteiger partial charge is 0.370 e. The number of amides is 1. The van der Waals surface area contributed by atoms with Gasteiger partial charge in [0.15, 0.2) is 11.4 Å². The number of ketones is 1. The molecule has 3 aromatic rings. The number of hydrogen-bond donors (Lipinski definition) is 0. The molecule has 2 fully saturated rings. The number of alkyl halides is 3. The highest BCUT2D eigenvalue weighted by Gasteiger charge is 2.40. The Hall–Kier alpha value is -3.34. The largest absolute Gasteiger partial charge is 0.420 e. The minimum absolute atomic E-state index is 0.0113. The predicted molar refractivity (Wildman–Crippen MR) is 130 cm³/mol. The van der Waals surface area contributed by atoms with Gasteiger partial charge in [0, 0.05) is 31.2 Å². The summed E-state index contributed by atoms with van der Waals surface area (Å²) in [6, 6.07) is 5.79. The Kier molecular flexibility index (Phi) is 6.97. The third-order valence-corrected chi connectivity index (χ3v) is 7.74. The minimum Gasteiger partial charge on any atom is -0.370 e. The maximum absolute atomic E-state index is 14.0. The predicted octanol–water partition coefficient (Wildman–Crippen LogP) is 5.04. The molecular weight excluding hydrogens is 504 g/mol. The van der Waals surface area contributed by atoms with Crippen molar-refractivity contribution in [3.63, 3.8) is 0 Å². The summed E-state index contributed by atoms with van der Waals surface area (Å²) in [5, 5.41) is 4.22. The van der Waals surface area contributed by atoms with Crippen LogP contribution in [0.25, 0.3) is 16.9 Å². The lowest BCUT2D eigenvalue weighted by Gasteiger charge is -2.26. The number of fused-ring (bicyclic) bond motifs is 1. The molecule has 1 amide bonds. The fraction of sp³-hybridized carbons (Fsp3) is 0.481. The standard InChI is InChI=1S/C27H28F4N4O3/c1-15-13-34(10-9-19(16(15)2)24(36)23-4-3-11-38-23)26(37)22-14-35-25(32-22)20(27(29,30)31)12-21(33-35)17-5-7-18(28)8-6-17/h5-8,12,14-16,19,23H,3-4,9-11,13H2,1-2H3. The summed E-state index contributed by atoms with van der Waals surface area (Å²) in [5.74, 6) is -1.23. The van der Waals surface area contributed by atoms with Gasteiger partial charge in [-0.3, -0.25) is 9.59 Å². The highest BCUT2D eigenvalue weighted by atomic mass is 19.4. The van der Waals surface area contributed by atoms with Crippen LogP contribution in [0.5, 0.6) is 0 Å². The van der Waals surface area contributed by atoms with Crippen molar-refractivity contribution in [2.24, 2.45) is 17.8 Å². The Bertz CT molecular complexity index is 1350. The molecule has 0 aliphatic carbocycles. The second kappa shape index (κ2) is 10.1. The lowest BCUT2D eigenvalue weighted by atomic mass is 9.79. The summed E-state index contributed by atoms with van der Waals surface area (Å²) in [6.45, 7) is 5.17. The van der Waals surface area contributed by atoms with Crippen LogP contribution in [0.4, 0.5) is 17.6 Å². The molecule has 0 N–H and O–H groups in total. The zero-order chi connectivity index (χ0) is 27.2.